The van der Waals surface area contributed by atoms with Gasteiger partial charge in [0.1, 0.15) is 0 Å². The second-order valence-corrected chi connectivity index (χ2v) is 6.14. The maximum absolute atomic E-state index is 12.5. The minimum Gasteiger partial charge on any atom is -0.397 e. The molecule has 2 aromatic rings. The van der Waals surface area contributed by atoms with E-state index in [1.54, 1.807) is 6.07 Å². The van der Waals surface area contributed by atoms with E-state index in [-0.39, 0.29) is 36.6 Å². The number of anilines is 2. The number of nitrogens with one attached hydrogen (secondary N) is 1. The van der Waals surface area contributed by atoms with Gasteiger partial charge in [0.2, 0.25) is 5.91 Å². The van der Waals surface area contributed by atoms with Gasteiger partial charge in [0.15, 0.2) is 0 Å². The first-order chi connectivity index (χ1) is 11.2. The zero-order valence-electron chi connectivity index (χ0n) is 14.1. The number of nitrogens with two attached hydrogens (primary N) is 1. The van der Waals surface area contributed by atoms with E-state index < -0.39 is 0 Å². The molecule has 25 heavy (non-hydrogen) atoms. The number of carbonyl (C=O) groups is 1. The Balaban J connectivity index is 0.00000156. The zero-order chi connectivity index (χ0) is 16.1. The first kappa shape index (κ1) is 21.3. The highest BCUT2D eigenvalue weighted by molar-refractivity contribution is 5.95. The highest BCUT2D eigenvalue weighted by Crippen LogP contribution is 2.22. The number of nitrogens with zero attached hydrogens (tertiary/aromatic N) is 1. The third-order valence-corrected chi connectivity index (χ3v) is 4.34. The van der Waals surface area contributed by atoms with E-state index >= 15 is 0 Å². The van der Waals surface area contributed by atoms with Gasteiger partial charge in [0.25, 0.3) is 0 Å². The summed E-state index contributed by atoms with van der Waals surface area (Å²) in [6.45, 7) is 2.75. The number of halogens is 2. The summed E-state index contributed by atoms with van der Waals surface area (Å²) in [5.41, 5.74) is 8.51. The van der Waals surface area contributed by atoms with E-state index in [0.717, 1.165) is 32.5 Å². The Bertz CT molecular complexity index is 667. The van der Waals surface area contributed by atoms with Gasteiger partial charge < -0.3 is 11.1 Å². The van der Waals surface area contributed by atoms with Crippen molar-refractivity contribution < 1.29 is 4.79 Å². The smallest absolute Gasteiger partial charge is 0.228 e. The molecule has 2 aromatic carbocycles. The molecule has 4 nitrogen and oxygen atoms in total. The van der Waals surface area contributed by atoms with Gasteiger partial charge in [-0.2, -0.15) is 0 Å². The fraction of sp³-hybridized carbons (Fsp3) is 0.316. The summed E-state index contributed by atoms with van der Waals surface area (Å²) in [7, 11) is 0. The van der Waals surface area contributed by atoms with E-state index in [1.807, 2.05) is 24.3 Å². The molecule has 1 atom stereocenters. The van der Waals surface area contributed by atoms with Gasteiger partial charge in [-0.15, -0.1) is 24.8 Å². The molecular formula is C19H25Cl2N3O. The second kappa shape index (κ2) is 10.3. The van der Waals surface area contributed by atoms with Crippen molar-refractivity contribution in [2.45, 2.75) is 19.4 Å². The molecule has 6 heteroatoms. The van der Waals surface area contributed by atoms with Crippen molar-refractivity contribution >= 4 is 42.1 Å². The van der Waals surface area contributed by atoms with Crippen molar-refractivity contribution in [2.75, 3.05) is 24.1 Å². The number of benzene rings is 2. The Morgan fingerprint density at radius 3 is 2.48 bits per heavy atom. The summed E-state index contributed by atoms with van der Waals surface area (Å²) in [5.74, 6) is 0.0905. The molecule has 0 spiro atoms. The molecule has 0 saturated carbocycles. The van der Waals surface area contributed by atoms with Crippen LogP contribution in [0.1, 0.15) is 18.4 Å². The van der Waals surface area contributed by atoms with E-state index in [2.05, 4.69) is 34.5 Å². The number of likely N-dealkylation sites (tertiary alicyclic amines) is 1. The molecule has 0 bridgehead atoms. The zero-order valence-corrected chi connectivity index (χ0v) is 15.7. The highest BCUT2D eigenvalue weighted by atomic mass is 35.5. The summed E-state index contributed by atoms with van der Waals surface area (Å²) in [6.07, 6.45) is 1.99. The Kier molecular flexibility index (Phi) is 8.76. The molecule has 1 heterocycles. The molecule has 1 unspecified atom stereocenters. The summed E-state index contributed by atoms with van der Waals surface area (Å²) in [6, 6.07) is 17.8. The van der Waals surface area contributed by atoms with Gasteiger partial charge >= 0.3 is 0 Å². The van der Waals surface area contributed by atoms with Crippen LogP contribution in [0.5, 0.6) is 0 Å². The molecule has 0 radical (unpaired) electrons. The lowest BCUT2D eigenvalue weighted by Gasteiger charge is -2.32. The largest absolute Gasteiger partial charge is 0.397 e. The normalized spacial score (nSPS) is 17.0. The van der Waals surface area contributed by atoms with Crippen molar-refractivity contribution in [1.29, 1.82) is 0 Å². The summed E-state index contributed by atoms with van der Waals surface area (Å²) < 4.78 is 0. The molecule has 1 aliphatic rings. The second-order valence-electron chi connectivity index (χ2n) is 6.14. The van der Waals surface area contributed by atoms with Crippen LogP contribution in [0.2, 0.25) is 0 Å². The van der Waals surface area contributed by atoms with Crippen LogP contribution in [0, 0.1) is 5.92 Å². The maximum atomic E-state index is 12.5. The minimum absolute atomic E-state index is 0. The number of amides is 1. The molecule has 0 aromatic heterocycles. The maximum Gasteiger partial charge on any atom is 0.228 e. The van der Waals surface area contributed by atoms with Crippen molar-refractivity contribution in [3.05, 3.63) is 60.2 Å². The first-order valence-electron chi connectivity index (χ1n) is 8.14. The number of nitrogen functional groups attached to an aromatic ring is 1. The number of carbonyl (C=O) groups excluding carboxylic acids is 1. The number of rotatable bonds is 4. The average Bonchev–Trinajstić information content (AvgIpc) is 2.58. The van der Waals surface area contributed by atoms with Gasteiger partial charge in [-0.3, -0.25) is 9.69 Å². The van der Waals surface area contributed by atoms with Gasteiger partial charge in [-0.1, -0.05) is 42.5 Å². The fourth-order valence-electron chi connectivity index (χ4n) is 3.10. The van der Waals surface area contributed by atoms with Crippen LogP contribution in [0.15, 0.2) is 54.6 Å². The molecule has 136 valence electrons. The lowest BCUT2D eigenvalue weighted by Crippen LogP contribution is -2.40. The lowest BCUT2D eigenvalue weighted by atomic mass is 9.96. The average molecular weight is 382 g/mol. The van der Waals surface area contributed by atoms with E-state index in [1.165, 1.54) is 5.56 Å². The molecule has 1 saturated heterocycles. The van der Waals surface area contributed by atoms with Crippen molar-refractivity contribution in [3.63, 3.8) is 0 Å². The predicted octanol–water partition coefficient (Wildman–Crippen LogP) is 3.96. The Labute approximate surface area is 161 Å². The molecule has 1 aliphatic heterocycles. The predicted molar refractivity (Wildman–Crippen MR) is 108 cm³/mol. The Morgan fingerprint density at radius 1 is 1.08 bits per heavy atom. The van der Waals surface area contributed by atoms with E-state index in [0.29, 0.717) is 11.4 Å². The third kappa shape index (κ3) is 5.92. The van der Waals surface area contributed by atoms with E-state index in [4.69, 9.17) is 5.73 Å². The Morgan fingerprint density at radius 2 is 1.76 bits per heavy atom. The van der Waals surface area contributed by atoms with E-state index in [9.17, 15) is 4.79 Å². The van der Waals surface area contributed by atoms with Gasteiger partial charge in [-0.25, -0.2) is 0 Å². The van der Waals surface area contributed by atoms with Crippen LogP contribution < -0.4 is 11.1 Å². The third-order valence-electron chi connectivity index (χ3n) is 4.34. The van der Waals surface area contributed by atoms with Crippen molar-refractivity contribution in [1.82, 2.24) is 4.90 Å². The first-order valence-corrected chi connectivity index (χ1v) is 8.14. The molecule has 1 fully saturated rings. The minimum atomic E-state index is 0. The summed E-state index contributed by atoms with van der Waals surface area (Å²) in [4.78, 5) is 14.9. The van der Waals surface area contributed by atoms with Crippen molar-refractivity contribution in [3.8, 4) is 0 Å². The summed E-state index contributed by atoms with van der Waals surface area (Å²) >= 11 is 0. The number of para-hydroxylation sites is 2. The Hall–Kier alpha value is -1.75. The van der Waals surface area contributed by atoms with Gasteiger partial charge in [0.05, 0.1) is 17.3 Å². The van der Waals surface area contributed by atoms with Crippen LogP contribution >= 0.6 is 24.8 Å². The highest BCUT2D eigenvalue weighted by Gasteiger charge is 2.26. The van der Waals surface area contributed by atoms with Gasteiger partial charge in [0, 0.05) is 13.1 Å². The number of hydrogen-bond acceptors (Lipinski definition) is 3. The molecule has 3 rings (SSSR count). The molecular weight excluding hydrogens is 357 g/mol. The molecule has 1 amide bonds. The molecule has 0 aliphatic carbocycles. The van der Waals surface area contributed by atoms with Crippen molar-refractivity contribution in [2.24, 2.45) is 5.92 Å². The standard InChI is InChI=1S/C19H23N3O.2ClH/c20-17-10-4-5-11-18(17)21-19(23)16-9-6-12-22(14-16)13-15-7-2-1-3-8-15;;/h1-5,7-8,10-11,16H,6,9,12-14,20H2,(H,21,23);2*1H. The quantitative estimate of drug-likeness (QED) is 0.787. The SMILES string of the molecule is Cl.Cl.Nc1ccccc1NC(=O)C1CCCN(Cc2ccccc2)C1. The topological polar surface area (TPSA) is 58.4 Å². The number of piperidine rings is 1. The van der Waals surface area contributed by atoms with Crippen LogP contribution in [-0.2, 0) is 11.3 Å². The van der Waals surface area contributed by atoms with Crippen LogP contribution in [0.3, 0.4) is 0 Å². The van der Waals surface area contributed by atoms with Crippen LogP contribution in [-0.4, -0.2) is 23.9 Å². The van der Waals surface area contributed by atoms with Gasteiger partial charge in [-0.05, 0) is 37.1 Å². The summed E-state index contributed by atoms with van der Waals surface area (Å²) in [5, 5.41) is 2.97. The monoisotopic (exact) mass is 381 g/mol. The lowest BCUT2D eigenvalue weighted by molar-refractivity contribution is -0.121. The fourth-order valence-corrected chi connectivity index (χ4v) is 3.10. The molecule has 3 N–H and O–H groups in total. The van der Waals surface area contributed by atoms with Crippen LogP contribution in [0.4, 0.5) is 11.4 Å². The number of hydrogen-bond donors (Lipinski definition) is 2. The van der Waals surface area contributed by atoms with Crippen LogP contribution in [0.25, 0.3) is 0 Å².